The Morgan fingerprint density at radius 3 is 2.90 bits per heavy atom. The quantitative estimate of drug-likeness (QED) is 0.902. The fraction of sp³-hybridized carbons (Fsp3) is 0.647. The number of halogens is 1. The average Bonchev–Trinajstić information content (AvgIpc) is 2.50. The molecule has 4 heteroatoms. The molecule has 3 nitrogen and oxygen atoms in total. The van der Waals surface area contributed by atoms with E-state index in [1.54, 1.807) is 0 Å². The van der Waals surface area contributed by atoms with Crippen molar-refractivity contribution in [1.82, 2.24) is 4.90 Å². The van der Waals surface area contributed by atoms with Crippen molar-refractivity contribution in [3.63, 3.8) is 0 Å². The van der Waals surface area contributed by atoms with Crippen LogP contribution in [0.3, 0.4) is 0 Å². The van der Waals surface area contributed by atoms with Crippen LogP contribution in [0.5, 0.6) is 0 Å². The van der Waals surface area contributed by atoms with E-state index in [0.717, 1.165) is 49.4 Å². The van der Waals surface area contributed by atoms with Crippen molar-refractivity contribution in [1.29, 1.82) is 0 Å². The highest BCUT2D eigenvalue weighted by atomic mass is 35.5. The van der Waals surface area contributed by atoms with E-state index in [1.807, 2.05) is 18.2 Å². The minimum atomic E-state index is -0.436. The minimum absolute atomic E-state index is 0.158. The molecular weight excluding hydrogens is 284 g/mol. The molecule has 0 amide bonds. The zero-order chi connectivity index (χ0) is 14.9. The molecule has 3 unspecified atom stereocenters. The molecule has 0 radical (unpaired) electrons. The lowest BCUT2D eigenvalue weighted by Gasteiger charge is -2.49. The van der Waals surface area contributed by atoms with Crippen molar-refractivity contribution in [3.05, 3.63) is 34.9 Å². The van der Waals surface area contributed by atoms with E-state index >= 15 is 0 Å². The monoisotopic (exact) mass is 308 g/mol. The summed E-state index contributed by atoms with van der Waals surface area (Å²) in [7, 11) is 0. The van der Waals surface area contributed by atoms with Gasteiger partial charge in [0.2, 0.25) is 0 Å². The number of fused-ring (bicyclic) bond motifs is 1. The second-order valence-electron chi connectivity index (χ2n) is 6.56. The summed E-state index contributed by atoms with van der Waals surface area (Å²) in [6.07, 6.45) is 5.36. The summed E-state index contributed by atoms with van der Waals surface area (Å²) in [6, 6.07) is 8.13. The average molecular weight is 309 g/mol. The van der Waals surface area contributed by atoms with Gasteiger partial charge in [0.25, 0.3) is 0 Å². The van der Waals surface area contributed by atoms with E-state index in [2.05, 4.69) is 11.0 Å². The van der Waals surface area contributed by atoms with Gasteiger partial charge in [-0.05, 0) is 30.9 Å². The number of likely N-dealkylation sites (tertiary alicyclic amines) is 1. The highest BCUT2D eigenvalue weighted by Gasteiger charge is 2.44. The summed E-state index contributed by atoms with van der Waals surface area (Å²) in [5, 5.41) is 11.6. The number of hydrogen-bond acceptors (Lipinski definition) is 3. The molecular formula is C17H25ClN2O. The third kappa shape index (κ3) is 2.98. The molecule has 21 heavy (non-hydrogen) atoms. The van der Waals surface area contributed by atoms with Crippen LogP contribution in [0.15, 0.2) is 24.3 Å². The van der Waals surface area contributed by atoms with Crippen LogP contribution in [0.25, 0.3) is 0 Å². The maximum absolute atomic E-state index is 10.8. The van der Waals surface area contributed by atoms with Crippen LogP contribution >= 0.6 is 11.6 Å². The lowest BCUT2D eigenvalue weighted by atomic mass is 9.71. The number of nitrogens with zero attached hydrogens (tertiary/aromatic N) is 1. The number of aliphatic hydroxyl groups is 1. The van der Waals surface area contributed by atoms with Gasteiger partial charge in [0.05, 0.1) is 5.60 Å². The molecule has 1 saturated carbocycles. The summed E-state index contributed by atoms with van der Waals surface area (Å²) in [5.41, 5.74) is 6.72. The fourth-order valence-corrected chi connectivity index (χ4v) is 4.36. The molecule has 3 rings (SSSR count). The Hall–Kier alpha value is -0.610. The topological polar surface area (TPSA) is 49.5 Å². The molecule has 116 valence electrons. The lowest BCUT2D eigenvalue weighted by Crippen LogP contribution is -2.54. The van der Waals surface area contributed by atoms with Gasteiger partial charge in [0.1, 0.15) is 0 Å². The molecule has 1 heterocycles. The number of nitrogens with two attached hydrogens (primary N) is 1. The van der Waals surface area contributed by atoms with Crippen molar-refractivity contribution in [2.45, 2.75) is 43.7 Å². The normalized spacial score (nSPS) is 31.7. The second kappa shape index (κ2) is 6.25. The molecule has 1 saturated heterocycles. The van der Waals surface area contributed by atoms with E-state index in [4.69, 9.17) is 17.3 Å². The molecule has 0 bridgehead atoms. The van der Waals surface area contributed by atoms with Gasteiger partial charge in [-0.2, -0.15) is 0 Å². The Bertz CT molecular complexity index is 495. The van der Waals surface area contributed by atoms with Crippen LogP contribution < -0.4 is 5.73 Å². The zero-order valence-corrected chi connectivity index (χ0v) is 13.2. The number of rotatable bonds is 3. The highest BCUT2D eigenvalue weighted by molar-refractivity contribution is 6.31. The first-order valence-corrected chi connectivity index (χ1v) is 8.43. The Balaban J connectivity index is 1.78. The van der Waals surface area contributed by atoms with Gasteiger partial charge >= 0.3 is 0 Å². The predicted molar refractivity (Wildman–Crippen MR) is 86.3 cm³/mol. The predicted octanol–water partition coefficient (Wildman–Crippen LogP) is 2.97. The number of piperidine rings is 1. The van der Waals surface area contributed by atoms with E-state index < -0.39 is 5.60 Å². The molecule has 0 aromatic heterocycles. The van der Waals surface area contributed by atoms with Crippen LogP contribution in [0.4, 0.5) is 0 Å². The minimum Gasteiger partial charge on any atom is -0.390 e. The van der Waals surface area contributed by atoms with Crippen LogP contribution in [-0.4, -0.2) is 35.2 Å². The Kier molecular flexibility index (Phi) is 4.55. The van der Waals surface area contributed by atoms with Gasteiger partial charge in [-0.25, -0.2) is 0 Å². The molecule has 1 aromatic rings. The smallest absolute Gasteiger partial charge is 0.0700 e. The van der Waals surface area contributed by atoms with Crippen molar-refractivity contribution in [2.75, 3.05) is 19.6 Å². The van der Waals surface area contributed by atoms with Crippen LogP contribution in [0.1, 0.15) is 43.7 Å². The molecule has 2 fully saturated rings. The Labute approximate surface area is 132 Å². The Morgan fingerprint density at radius 2 is 2.14 bits per heavy atom. The highest BCUT2D eigenvalue weighted by Crippen LogP contribution is 2.42. The number of hydrogen-bond donors (Lipinski definition) is 2. The van der Waals surface area contributed by atoms with Gasteiger partial charge in [-0.1, -0.05) is 42.6 Å². The molecule has 3 N–H and O–H groups in total. The lowest BCUT2D eigenvalue weighted by molar-refractivity contribution is -0.102. The summed E-state index contributed by atoms with van der Waals surface area (Å²) >= 11 is 6.35. The first kappa shape index (κ1) is 15.3. The van der Waals surface area contributed by atoms with E-state index in [9.17, 15) is 5.11 Å². The maximum Gasteiger partial charge on any atom is 0.0700 e. The van der Waals surface area contributed by atoms with Crippen molar-refractivity contribution in [3.8, 4) is 0 Å². The molecule has 2 aliphatic rings. The molecule has 3 atom stereocenters. The van der Waals surface area contributed by atoms with Crippen molar-refractivity contribution < 1.29 is 5.11 Å². The summed E-state index contributed by atoms with van der Waals surface area (Å²) in [4.78, 5) is 2.42. The summed E-state index contributed by atoms with van der Waals surface area (Å²) in [6.45, 7) is 2.40. The second-order valence-corrected chi connectivity index (χ2v) is 6.97. The molecule has 1 aliphatic heterocycles. The third-order valence-electron chi connectivity index (χ3n) is 5.39. The largest absolute Gasteiger partial charge is 0.390 e. The molecule has 0 spiro atoms. The third-order valence-corrected chi connectivity index (χ3v) is 5.73. The van der Waals surface area contributed by atoms with Crippen molar-refractivity contribution >= 4 is 11.6 Å². The van der Waals surface area contributed by atoms with E-state index in [1.165, 1.54) is 6.42 Å². The van der Waals surface area contributed by atoms with Gasteiger partial charge in [-0.15, -0.1) is 0 Å². The van der Waals surface area contributed by atoms with Crippen LogP contribution in [0.2, 0.25) is 5.02 Å². The van der Waals surface area contributed by atoms with E-state index in [0.29, 0.717) is 12.5 Å². The van der Waals surface area contributed by atoms with Crippen molar-refractivity contribution in [2.24, 2.45) is 11.7 Å². The van der Waals surface area contributed by atoms with Crippen LogP contribution in [-0.2, 0) is 0 Å². The SMILES string of the molecule is NCC(c1ccccc1Cl)N1CCC2(O)CCCCC2C1. The van der Waals surface area contributed by atoms with Gasteiger partial charge < -0.3 is 10.8 Å². The maximum atomic E-state index is 10.8. The van der Waals surface area contributed by atoms with Gasteiger partial charge in [0, 0.05) is 36.6 Å². The summed E-state index contributed by atoms with van der Waals surface area (Å²) < 4.78 is 0. The van der Waals surface area contributed by atoms with E-state index in [-0.39, 0.29) is 6.04 Å². The first-order chi connectivity index (χ1) is 10.1. The van der Waals surface area contributed by atoms with Gasteiger partial charge in [-0.3, -0.25) is 4.90 Å². The fourth-order valence-electron chi connectivity index (χ4n) is 4.10. The van der Waals surface area contributed by atoms with Gasteiger partial charge in [0.15, 0.2) is 0 Å². The first-order valence-electron chi connectivity index (χ1n) is 8.05. The zero-order valence-electron chi connectivity index (χ0n) is 12.5. The standard InChI is InChI=1S/C17H25ClN2O/c18-15-7-2-1-6-14(15)16(11-19)20-10-9-17(21)8-4-3-5-13(17)12-20/h1-2,6-7,13,16,21H,3-5,8-12,19H2. The summed E-state index contributed by atoms with van der Waals surface area (Å²) in [5.74, 6) is 0.386. The van der Waals surface area contributed by atoms with Crippen LogP contribution in [0, 0.1) is 5.92 Å². The Morgan fingerprint density at radius 1 is 1.33 bits per heavy atom. The molecule has 1 aliphatic carbocycles. The molecule has 1 aromatic carbocycles. The number of benzene rings is 1.